The van der Waals surface area contributed by atoms with Crippen LogP contribution in [0.2, 0.25) is 0 Å². The van der Waals surface area contributed by atoms with Crippen LogP contribution in [-0.2, 0) is 0 Å². The van der Waals surface area contributed by atoms with E-state index < -0.39 is 5.82 Å². The first-order valence-corrected chi connectivity index (χ1v) is 9.39. The maximum Gasteiger partial charge on any atom is 0.274 e. The third kappa shape index (κ3) is 2.79. The molecule has 0 aliphatic carbocycles. The average molecular weight is 378 g/mol. The lowest BCUT2D eigenvalue weighted by atomic mass is 10.0. The summed E-state index contributed by atoms with van der Waals surface area (Å²) in [4.78, 5) is 17.0. The predicted molar refractivity (Wildman–Crippen MR) is 105 cm³/mol. The Morgan fingerprint density at radius 3 is 2.82 bits per heavy atom. The number of oxazole rings is 1. The minimum Gasteiger partial charge on any atom is -0.441 e. The molecule has 1 aliphatic heterocycles. The SMILES string of the molecule is Cc1nc2c(F)cc(-c3ccc4c(=O)n(C5CCNCC5)ncc4c3)cc2o1. The number of halogens is 1. The molecule has 1 aliphatic rings. The first-order chi connectivity index (χ1) is 13.6. The molecule has 6 nitrogen and oxygen atoms in total. The molecular formula is C21H19FN4O2. The van der Waals surface area contributed by atoms with Crippen LogP contribution in [0.5, 0.6) is 0 Å². The summed E-state index contributed by atoms with van der Waals surface area (Å²) in [5.74, 6) is -0.00359. The predicted octanol–water partition coefficient (Wildman–Crippen LogP) is 3.58. The molecule has 0 unspecified atom stereocenters. The maximum atomic E-state index is 14.4. The Kier molecular flexibility index (Phi) is 3.98. The van der Waals surface area contributed by atoms with E-state index in [2.05, 4.69) is 15.4 Å². The van der Waals surface area contributed by atoms with E-state index in [4.69, 9.17) is 4.42 Å². The first kappa shape index (κ1) is 17.1. The largest absolute Gasteiger partial charge is 0.441 e. The lowest BCUT2D eigenvalue weighted by Gasteiger charge is -2.23. The number of aromatic nitrogens is 3. The lowest BCUT2D eigenvalue weighted by molar-refractivity contribution is 0.333. The summed E-state index contributed by atoms with van der Waals surface area (Å²) in [6.07, 6.45) is 3.51. The monoisotopic (exact) mass is 378 g/mol. The molecule has 0 atom stereocenters. The summed E-state index contributed by atoms with van der Waals surface area (Å²) < 4.78 is 21.5. The Balaban J connectivity index is 1.59. The van der Waals surface area contributed by atoms with E-state index in [0.29, 0.717) is 22.4 Å². The van der Waals surface area contributed by atoms with Gasteiger partial charge < -0.3 is 9.73 Å². The zero-order valence-corrected chi connectivity index (χ0v) is 15.4. The van der Waals surface area contributed by atoms with Crippen molar-refractivity contribution < 1.29 is 8.81 Å². The number of hydrogen-bond acceptors (Lipinski definition) is 5. The van der Waals surface area contributed by atoms with Crippen molar-refractivity contribution in [2.75, 3.05) is 13.1 Å². The number of benzene rings is 2. The van der Waals surface area contributed by atoms with Crippen LogP contribution in [0.3, 0.4) is 0 Å². The van der Waals surface area contributed by atoms with Gasteiger partial charge in [-0.1, -0.05) is 6.07 Å². The highest BCUT2D eigenvalue weighted by Crippen LogP contribution is 2.29. The zero-order chi connectivity index (χ0) is 19.3. The van der Waals surface area contributed by atoms with E-state index in [1.165, 1.54) is 6.07 Å². The van der Waals surface area contributed by atoms with Crippen LogP contribution in [0.4, 0.5) is 4.39 Å². The van der Waals surface area contributed by atoms with Crippen LogP contribution in [0, 0.1) is 12.7 Å². The molecule has 0 radical (unpaired) electrons. The molecule has 2 aromatic carbocycles. The van der Waals surface area contributed by atoms with Crippen molar-refractivity contribution >= 4 is 21.9 Å². The van der Waals surface area contributed by atoms with Crippen LogP contribution >= 0.6 is 0 Å². The third-order valence-electron chi connectivity index (χ3n) is 5.35. The fourth-order valence-electron chi connectivity index (χ4n) is 3.92. The highest BCUT2D eigenvalue weighted by molar-refractivity contribution is 5.88. The van der Waals surface area contributed by atoms with Crippen molar-refractivity contribution in [2.45, 2.75) is 25.8 Å². The average Bonchev–Trinajstić information content (AvgIpc) is 3.09. The van der Waals surface area contributed by atoms with Crippen LogP contribution in [0.15, 0.2) is 45.7 Å². The van der Waals surface area contributed by atoms with E-state index in [1.54, 1.807) is 29.9 Å². The van der Waals surface area contributed by atoms with Gasteiger partial charge in [-0.15, -0.1) is 0 Å². The quantitative estimate of drug-likeness (QED) is 0.577. The molecule has 4 aromatic rings. The van der Waals surface area contributed by atoms with Gasteiger partial charge in [-0.05, 0) is 61.3 Å². The fourth-order valence-corrected chi connectivity index (χ4v) is 3.92. The van der Waals surface area contributed by atoms with Gasteiger partial charge in [0, 0.05) is 12.3 Å². The van der Waals surface area contributed by atoms with Gasteiger partial charge in [0.2, 0.25) is 0 Å². The number of nitrogens with one attached hydrogen (secondary N) is 1. The second kappa shape index (κ2) is 6.53. The number of piperidine rings is 1. The van der Waals surface area contributed by atoms with Gasteiger partial charge in [0.25, 0.3) is 5.56 Å². The van der Waals surface area contributed by atoms with E-state index in [0.717, 1.165) is 36.9 Å². The second-order valence-electron chi connectivity index (χ2n) is 7.22. The minimum atomic E-state index is -0.427. The Morgan fingerprint density at radius 2 is 2.00 bits per heavy atom. The molecule has 28 heavy (non-hydrogen) atoms. The molecule has 7 heteroatoms. The van der Waals surface area contributed by atoms with E-state index in [-0.39, 0.29) is 17.1 Å². The maximum absolute atomic E-state index is 14.4. The Morgan fingerprint density at radius 1 is 1.18 bits per heavy atom. The van der Waals surface area contributed by atoms with Gasteiger partial charge in [-0.25, -0.2) is 14.1 Å². The third-order valence-corrected chi connectivity index (χ3v) is 5.35. The van der Waals surface area contributed by atoms with E-state index >= 15 is 0 Å². The molecule has 5 rings (SSSR count). The Bertz CT molecular complexity index is 1250. The molecule has 1 fully saturated rings. The topological polar surface area (TPSA) is 73.0 Å². The summed E-state index contributed by atoms with van der Waals surface area (Å²) in [5, 5.41) is 9.07. The first-order valence-electron chi connectivity index (χ1n) is 9.39. The smallest absolute Gasteiger partial charge is 0.274 e. The second-order valence-corrected chi connectivity index (χ2v) is 7.22. The van der Waals surface area contributed by atoms with E-state index in [9.17, 15) is 9.18 Å². The summed E-state index contributed by atoms with van der Waals surface area (Å²) >= 11 is 0. The molecule has 0 saturated carbocycles. The molecule has 3 heterocycles. The van der Waals surface area contributed by atoms with Gasteiger partial charge in [-0.3, -0.25) is 4.79 Å². The molecule has 1 saturated heterocycles. The van der Waals surface area contributed by atoms with Crippen LogP contribution in [-0.4, -0.2) is 27.9 Å². The van der Waals surface area contributed by atoms with Crippen molar-refractivity contribution in [3.8, 4) is 11.1 Å². The zero-order valence-electron chi connectivity index (χ0n) is 15.4. The highest BCUT2D eigenvalue weighted by atomic mass is 19.1. The molecule has 0 amide bonds. The molecule has 0 bridgehead atoms. The summed E-state index contributed by atoms with van der Waals surface area (Å²) in [5.41, 5.74) is 2.03. The molecule has 2 aromatic heterocycles. The molecule has 142 valence electrons. The Hall–Kier alpha value is -3.06. The van der Waals surface area contributed by atoms with Crippen LogP contribution in [0.25, 0.3) is 33.0 Å². The number of fused-ring (bicyclic) bond motifs is 2. The summed E-state index contributed by atoms with van der Waals surface area (Å²) in [7, 11) is 0. The number of nitrogens with zero attached hydrogens (tertiary/aromatic N) is 3. The molecular weight excluding hydrogens is 359 g/mol. The standard InChI is InChI=1S/C21H19FN4O2/c1-12-25-20-18(22)9-14(10-19(20)28-12)13-2-3-17-15(8-13)11-24-26(21(17)27)16-4-6-23-7-5-16/h2-3,8-11,16,23H,4-7H2,1H3. The van der Waals surface area contributed by atoms with Gasteiger partial charge in [0.15, 0.2) is 17.3 Å². The number of hydrogen-bond donors (Lipinski definition) is 1. The Labute approximate surface area is 160 Å². The van der Waals surface area contributed by atoms with E-state index in [1.807, 2.05) is 12.1 Å². The van der Waals surface area contributed by atoms with Gasteiger partial charge in [-0.2, -0.15) is 5.10 Å². The van der Waals surface area contributed by atoms with Crippen LogP contribution in [0.1, 0.15) is 24.8 Å². The fraction of sp³-hybridized carbons (Fsp3) is 0.286. The summed E-state index contributed by atoms with van der Waals surface area (Å²) in [6.45, 7) is 3.48. The normalized spacial score (nSPS) is 15.5. The van der Waals surface area contributed by atoms with Crippen molar-refractivity contribution in [2.24, 2.45) is 0 Å². The molecule has 1 N–H and O–H groups in total. The lowest BCUT2D eigenvalue weighted by Crippen LogP contribution is -2.35. The van der Waals surface area contributed by atoms with Crippen molar-refractivity contribution in [1.82, 2.24) is 20.1 Å². The summed E-state index contributed by atoms with van der Waals surface area (Å²) in [6, 6.07) is 8.82. The van der Waals surface area contributed by atoms with Gasteiger partial charge >= 0.3 is 0 Å². The number of rotatable bonds is 2. The van der Waals surface area contributed by atoms with Gasteiger partial charge in [0.1, 0.15) is 5.52 Å². The van der Waals surface area contributed by atoms with Crippen molar-refractivity contribution in [3.05, 3.63) is 58.6 Å². The minimum absolute atomic E-state index is 0.0801. The van der Waals surface area contributed by atoms with Crippen molar-refractivity contribution in [3.63, 3.8) is 0 Å². The van der Waals surface area contributed by atoms with Gasteiger partial charge in [0.05, 0.1) is 17.6 Å². The van der Waals surface area contributed by atoms with Crippen LogP contribution < -0.4 is 10.9 Å². The van der Waals surface area contributed by atoms with Crippen molar-refractivity contribution in [1.29, 1.82) is 0 Å². The highest BCUT2D eigenvalue weighted by Gasteiger charge is 2.18. The molecule has 0 spiro atoms. The number of aryl methyl sites for hydroxylation is 1.